The number of nitrogens with one attached hydrogen (secondary N) is 1. The lowest BCUT2D eigenvalue weighted by Gasteiger charge is -2.36. The van der Waals surface area contributed by atoms with Gasteiger partial charge in [-0.25, -0.2) is 0 Å². The summed E-state index contributed by atoms with van der Waals surface area (Å²) in [6.07, 6.45) is 10.8. The Morgan fingerprint density at radius 3 is 2.52 bits per heavy atom. The number of aliphatic imine (C=N–C) groups is 1. The summed E-state index contributed by atoms with van der Waals surface area (Å²) in [5.41, 5.74) is 0.586. The van der Waals surface area contributed by atoms with Crippen molar-refractivity contribution in [2.75, 3.05) is 45.1 Å². The average Bonchev–Trinajstić information content (AvgIpc) is 3.03. The zero-order valence-corrected chi connectivity index (χ0v) is 17.1. The summed E-state index contributed by atoms with van der Waals surface area (Å²) in [5, 5.41) is 3.58. The largest absolute Gasteiger partial charge is 0.381 e. The van der Waals surface area contributed by atoms with Crippen LogP contribution in [0.4, 0.5) is 0 Å². The first-order chi connectivity index (χ1) is 12.2. The first-order valence-electron chi connectivity index (χ1n) is 10.5. The van der Waals surface area contributed by atoms with Crippen LogP contribution in [0.2, 0.25) is 0 Å². The summed E-state index contributed by atoms with van der Waals surface area (Å²) in [5.74, 6) is 2.33. The van der Waals surface area contributed by atoms with E-state index in [2.05, 4.69) is 35.8 Å². The van der Waals surface area contributed by atoms with Crippen molar-refractivity contribution in [3.05, 3.63) is 0 Å². The molecule has 0 unspecified atom stereocenters. The molecule has 1 spiro atoms. The molecule has 0 radical (unpaired) electrons. The maximum Gasteiger partial charge on any atom is 0.193 e. The van der Waals surface area contributed by atoms with Gasteiger partial charge in [-0.2, -0.15) is 11.8 Å². The van der Waals surface area contributed by atoms with E-state index in [-0.39, 0.29) is 4.75 Å². The summed E-state index contributed by atoms with van der Waals surface area (Å²) in [7, 11) is 0. The molecule has 4 nitrogen and oxygen atoms in total. The number of likely N-dealkylation sites (tertiary alicyclic amines) is 1. The van der Waals surface area contributed by atoms with Crippen molar-refractivity contribution in [1.29, 1.82) is 0 Å². The zero-order chi connectivity index (χ0) is 17.6. The van der Waals surface area contributed by atoms with Crippen molar-refractivity contribution in [3.8, 4) is 0 Å². The lowest BCUT2D eigenvalue weighted by Crippen LogP contribution is -2.43. The third-order valence-electron chi connectivity index (χ3n) is 6.36. The van der Waals surface area contributed by atoms with Crippen LogP contribution in [0.1, 0.15) is 65.2 Å². The van der Waals surface area contributed by atoms with Gasteiger partial charge in [0.25, 0.3) is 0 Å². The monoisotopic (exact) mass is 367 g/mol. The third-order valence-corrected chi connectivity index (χ3v) is 7.80. The van der Waals surface area contributed by atoms with Crippen LogP contribution < -0.4 is 5.32 Å². The van der Waals surface area contributed by atoms with E-state index in [0.717, 1.165) is 45.1 Å². The van der Waals surface area contributed by atoms with Crippen LogP contribution in [-0.4, -0.2) is 60.8 Å². The predicted molar refractivity (Wildman–Crippen MR) is 109 cm³/mol. The molecule has 2 heterocycles. The standard InChI is InChI=1S/C20H37N3OS/c1-3-21-18(22-16-20(25-4-2)11-14-24-15-12-20)23-13-10-19(17-23)8-6-5-7-9-19/h3-17H2,1-2H3,(H,21,22). The fraction of sp³-hybridized carbons (Fsp3) is 0.950. The van der Waals surface area contributed by atoms with Crippen LogP contribution in [0.3, 0.4) is 0 Å². The third kappa shape index (κ3) is 4.85. The Balaban J connectivity index is 1.66. The fourth-order valence-electron chi connectivity index (χ4n) is 4.87. The Morgan fingerprint density at radius 2 is 1.84 bits per heavy atom. The SMILES string of the molecule is CCNC(=NCC1(SCC)CCOCC1)N1CCC2(CCCCC2)C1. The van der Waals surface area contributed by atoms with Crippen LogP contribution >= 0.6 is 11.8 Å². The molecule has 25 heavy (non-hydrogen) atoms. The van der Waals surface area contributed by atoms with Gasteiger partial charge in [-0.3, -0.25) is 4.99 Å². The van der Waals surface area contributed by atoms with Gasteiger partial charge >= 0.3 is 0 Å². The molecule has 3 rings (SSSR count). The molecule has 144 valence electrons. The van der Waals surface area contributed by atoms with Gasteiger partial charge < -0.3 is 15.0 Å². The van der Waals surface area contributed by atoms with Crippen molar-refractivity contribution in [2.24, 2.45) is 10.4 Å². The molecule has 0 bridgehead atoms. The van der Waals surface area contributed by atoms with E-state index in [1.807, 2.05) is 0 Å². The number of hydrogen-bond donors (Lipinski definition) is 1. The lowest BCUT2D eigenvalue weighted by molar-refractivity contribution is 0.0793. The van der Waals surface area contributed by atoms with Gasteiger partial charge in [0, 0.05) is 37.6 Å². The maximum absolute atomic E-state index is 5.61. The zero-order valence-electron chi connectivity index (χ0n) is 16.3. The molecule has 0 aromatic carbocycles. The molecule has 1 saturated carbocycles. The highest BCUT2D eigenvalue weighted by Gasteiger charge is 2.40. The van der Waals surface area contributed by atoms with Gasteiger partial charge in [0.05, 0.1) is 6.54 Å². The highest BCUT2D eigenvalue weighted by Crippen LogP contribution is 2.43. The van der Waals surface area contributed by atoms with Crippen LogP contribution in [0.15, 0.2) is 4.99 Å². The Hall–Kier alpha value is -0.420. The van der Waals surface area contributed by atoms with Crippen LogP contribution in [0.25, 0.3) is 0 Å². The van der Waals surface area contributed by atoms with Crippen molar-refractivity contribution >= 4 is 17.7 Å². The van der Waals surface area contributed by atoms with E-state index in [1.165, 1.54) is 57.4 Å². The lowest BCUT2D eigenvalue weighted by atomic mass is 9.73. The minimum absolute atomic E-state index is 0.288. The van der Waals surface area contributed by atoms with Crippen LogP contribution in [-0.2, 0) is 4.74 Å². The Bertz CT molecular complexity index is 437. The van der Waals surface area contributed by atoms with Crippen molar-refractivity contribution < 1.29 is 4.74 Å². The molecule has 2 aliphatic heterocycles. The molecule has 1 aliphatic carbocycles. The smallest absolute Gasteiger partial charge is 0.193 e. The average molecular weight is 368 g/mol. The van der Waals surface area contributed by atoms with Crippen molar-refractivity contribution in [1.82, 2.24) is 10.2 Å². The van der Waals surface area contributed by atoms with E-state index in [1.54, 1.807) is 0 Å². The van der Waals surface area contributed by atoms with Crippen LogP contribution in [0, 0.1) is 5.41 Å². The van der Waals surface area contributed by atoms with Gasteiger partial charge in [-0.05, 0) is 50.2 Å². The van der Waals surface area contributed by atoms with Crippen molar-refractivity contribution in [2.45, 2.75) is 70.0 Å². The molecule has 5 heteroatoms. The number of nitrogens with zero attached hydrogens (tertiary/aromatic N) is 2. The maximum atomic E-state index is 5.61. The first-order valence-corrected chi connectivity index (χ1v) is 11.4. The number of guanidine groups is 1. The quantitative estimate of drug-likeness (QED) is 0.590. The van der Waals surface area contributed by atoms with Gasteiger partial charge in [0.15, 0.2) is 5.96 Å². The molecule has 0 atom stereocenters. The molecule has 3 fully saturated rings. The highest BCUT2D eigenvalue weighted by molar-refractivity contribution is 8.00. The number of thioether (sulfide) groups is 1. The van der Waals surface area contributed by atoms with E-state index >= 15 is 0 Å². The van der Waals surface area contributed by atoms with E-state index in [9.17, 15) is 0 Å². The second kappa shape index (κ2) is 8.98. The topological polar surface area (TPSA) is 36.9 Å². The summed E-state index contributed by atoms with van der Waals surface area (Å²) < 4.78 is 5.90. The second-order valence-electron chi connectivity index (χ2n) is 8.13. The van der Waals surface area contributed by atoms with Gasteiger partial charge in [-0.15, -0.1) is 0 Å². The molecule has 0 aromatic rings. The highest BCUT2D eigenvalue weighted by atomic mass is 32.2. The van der Waals surface area contributed by atoms with Gasteiger partial charge in [0.2, 0.25) is 0 Å². The van der Waals surface area contributed by atoms with Crippen LogP contribution in [0.5, 0.6) is 0 Å². The molecule has 3 aliphatic rings. The molecule has 0 amide bonds. The van der Waals surface area contributed by atoms with Gasteiger partial charge in [0.1, 0.15) is 0 Å². The molecule has 0 aromatic heterocycles. The number of rotatable bonds is 5. The summed E-state index contributed by atoms with van der Waals surface area (Å²) in [6.45, 7) is 10.5. The van der Waals surface area contributed by atoms with E-state index in [0.29, 0.717) is 5.41 Å². The Morgan fingerprint density at radius 1 is 1.08 bits per heavy atom. The summed E-state index contributed by atoms with van der Waals surface area (Å²) in [6, 6.07) is 0. The predicted octanol–water partition coefficient (Wildman–Crippen LogP) is 3.91. The fourth-order valence-corrected chi connectivity index (χ4v) is 6.09. The molecular weight excluding hydrogens is 330 g/mol. The normalized spacial score (nSPS) is 26.2. The molecular formula is C20H37N3OS. The second-order valence-corrected chi connectivity index (χ2v) is 9.86. The number of ether oxygens (including phenoxy) is 1. The molecule has 1 N–H and O–H groups in total. The van der Waals surface area contributed by atoms with Gasteiger partial charge in [-0.1, -0.05) is 26.2 Å². The van der Waals surface area contributed by atoms with Crippen molar-refractivity contribution in [3.63, 3.8) is 0 Å². The minimum Gasteiger partial charge on any atom is -0.381 e. The van der Waals surface area contributed by atoms with E-state index in [4.69, 9.17) is 9.73 Å². The number of hydrogen-bond acceptors (Lipinski definition) is 3. The minimum atomic E-state index is 0.288. The first kappa shape index (κ1) is 19.3. The Labute approximate surface area is 158 Å². The summed E-state index contributed by atoms with van der Waals surface area (Å²) in [4.78, 5) is 7.70. The molecule has 2 saturated heterocycles. The Kier molecular flexibility index (Phi) is 6.95. The summed E-state index contributed by atoms with van der Waals surface area (Å²) >= 11 is 2.09. The van der Waals surface area contributed by atoms with E-state index < -0.39 is 0 Å².